The first-order valence-electron chi connectivity index (χ1n) is 4.78. The maximum absolute atomic E-state index is 7.86. The molecule has 3 nitrogen and oxygen atoms in total. The van der Waals surface area contributed by atoms with Crippen LogP contribution in [0, 0.1) is 5.41 Å². The number of allylic oxidation sites excluding steroid dienone is 2. The molecule has 3 heteroatoms. The molecule has 0 atom stereocenters. The number of hydrogen-bond acceptors (Lipinski definition) is 2. The van der Waals surface area contributed by atoms with Gasteiger partial charge in [0.25, 0.3) is 0 Å². The third kappa shape index (κ3) is 3.38. The topological polar surface area (TPSA) is 39.5 Å². The number of nitrogens with one attached hydrogen (secondary N) is 1. The summed E-state index contributed by atoms with van der Waals surface area (Å²) in [5.74, 6) is 0.386. The molecule has 1 N–H and O–H groups in total. The Balaban J connectivity index is 2.69. The van der Waals surface area contributed by atoms with Crippen LogP contribution in [0.5, 0.6) is 0 Å². The summed E-state index contributed by atoms with van der Waals surface area (Å²) in [5, 5.41) is 13.5. The van der Waals surface area contributed by atoms with Gasteiger partial charge in [-0.05, 0) is 13.0 Å². The van der Waals surface area contributed by atoms with Crippen LogP contribution in [0.4, 0.5) is 0 Å². The zero-order valence-electron chi connectivity index (χ0n) is 9.01. The average Bonchev–Trinajstić information content (AvgIpc) is 2.29. The van der Waals surface area contributed by atoms with E-state index in [1.165, 1.54) is 5.01 Å². The molecule has 0 radical (unpaired) electrons. The Bertz CT molecular complexity index is 366. The summed E-state index contributed by atoms with van der Waals surface area (Å²) in [6, 6.07) is 9.54. The molecule has 0 heterocycles. The van der Waals surface area contributed by atoms with Crippen LogP contribution >= 0.6 is 0 Å². The molecule has 0 saturated carbocycles. The van der Waals surface area contributed by atoms with Crippen molar-refractivity contribution in [1.29, 1.82) is 5.41 Å². The Morgan fingerprint density at radius 2 is 2.00 bits per heavy atom. The Morgan fingerprint density at radius 1 is 1.33 bits per heavy atom. The molecule has 15 heavy (non-hydrogen) atoms. The summed E-state index contributed by atoms with van der Waals surface area (Å²) in [5.41, 5.74) is 0.859. The smallest absolute Gasteiger partial charge is 0.148 e. The lowest BCUT2D eigenvalue weighted by atomic mass is 10.2. The summed E-state index contributed by atoms with van der Waals surface area (Å²) in [6.07, 6.45) is 5.38. The molecule has 0 spiro atoms. The molecule has 0 amide bonds. The molecule has 0 aromatic heterocycles. The molecule has 0 unspecified atom stereocenters. The molecular weight excluding hydrogens is 186 g/mol. The SMILES string of the molecule is C/C=C\C=N\N(C)C(=N)c1ccccc1. The minimum Gasteiger partial charge on any atom is -0.283 e. The third-order valence-electron chi connectivity index (χ3n) is 1.89. The zero-order chi connectivity index (χ0) is 11.1. The minimum atomic E-state index is 0.386. The third-order valence-corrected chi connectivity index (χ3v) is 1.89. The first-order valence-corrected chi connectivity index (χ1v) is 4.78. The van der Waals surface area contributed by atoms with E-state index in [1.807, 2.05) is 49.4 Å². The highest BCUT2D eigenvalue weighted by molar-refractivity contribution is 5.96. The lowest BCUT2D eigenvalue weighted by Crippen LogP contribution is -2.21. The van der Waals surface area contributed by atoms with Gasteiger partial charge in [0, 0.05) is 18.8 Å². The highest BCUT2D eigenvalue weighted by Crippen LogP contribution is 2.02. The Morgan fingerprint density at radius 3 is 2.60 bits per heavy atom. The van der Waals surface area contributed by atoms with E-state index < -0.39 is 0 Å². The number of rotatable bonds is 3. The molecule has 0 aliphatic carbocycles. The Labute approximate surface area is 90.2 Å². The van der Waals surface area contributed by atoms with Gasteiger partial charge in [-0.25, -0.2) is 0 Å². The summed E-state index contributed by atoms with van der Waals surface area (Å²) in [4.78, 5) is 0. The van der Waals surface area contributed by atoms with Crippen molar-refractivity contribution in [3.05, 3.63) is 48.0 Å². The van der Waals surface area contributed by atoms with Gasteiger partial charge >= 0.3 is 0 Å². The molecule has 1 rings (SSSR count). The second kappa shape index (κ2) is 5.75. The van der Waals surface area contributed by atoms with Gasteiger partial charge in [0.05, 0.1) is 0 Å². The van der Waals surface area contributed by atoms with Crippen molar-refractivity contribution in [3.8, 4) is 0 Å². The van der Waals surface area contributed by atoms with E-state index in [1.54, 1.807) is 13.3 Å². The number of amidine groups is 1. The van der Waals surface area contributed by atoms with Gasteiger partial charge in [-0.15, -0.1) is 0 Å². The molecule has 0 bridgehead atoms. The van der Waals surface area contributed by atoms with Gasteiger partial charge < -0.3 is 0 Å². The van der Waals surface area contributed by atoms with Gasteiger partial charge in [0.2, 0.25) is 0 Å². The summed E-state index contributed by atoms with van der Waals surface area (Å²) in [6.45, 7) is 1.93. The zero-order valence-corrected chi connectivity index (χ0v) is 9.01. The average molecular weight is 201 g/mol. The quantitative estimate of drug-likeness (QED) is 0.455. The van der Waals surface area contributed by atoms with E-state index in [-0.39, 0.29) is 0 Å². The second-order valence-corrected chi connectivity index (χ2v) is 3.03. The normalized spacial score (nSPS) is 11.1. The van der Waals surface area contributed by atoms with Crippen molar-refractivity contribution in [3.63, 3.8) is 0 Å². The van der Waals surface area contributed by atoms with Crippen molar-refractivity contribution in [1.82, 2.24) is 5.01 Å². The molecule has 1 aromatic carbocycles. The predicted octanol–water partition coefficient (Wildman–Crippen LogP) is 2.51. The van der Waals surface area contributed by atoms with Crippen LogP contribution in [0.25, 0.3) is 0 Å². The van der Waals surface area contributed by atoms with Crippen LogP contribution in [-0.2, 0) is 0 Å². The number of hydrazone groups is 1. The van der Waals surface area contributed by atoms with Crippen LogP contribution in [0.1, 0.15) is 12.5 Å². The lowest BCUT2D eigenvalue weighted by molar-refractivity contribution is 0.545. The van der Waals surface area contributed by atoms with Crippen molar-refractivity contribution in [2.24, 2.45) is 5.10 Å². The highest BCUT2D eigenvalue weighted by Gasteiger charge is 2.03. The molecule has 0 aliphatic heterocycles. The highest BCUT2D eigenvalue weighted by atomic mass is 15.4. The predicted molar refractivity (Wildman–Crippen MR) is 64.3 cm³/mol. The second-order valence-electron chi connectivity index (χ2n) is 3.03. The van der Waals surface area contributed by atoms with Gasteiger partial charge in [-0.2, -0.15) is 5.10 Å². The molecular formula is C12H15N3. The standard InChI is InChI=1S/C12H15N3/c1-3-4-10-14-15(2)12(13)11-8-6-5-7-9-11/h3-10,13H,1-2H3/b4-3-,13-12?,14-10+. The maximum Gasteiger partial charge on any atom is 0.148 e. The maximum atomic E-state index is 7.86. The summed E-state index contributed by atoms with van der Waals surface area (Å²) in [7, 11) is 1.76. The molecule has 1 aromatic rings. The van der Waals surface area contributed by atoms with Crippen LogP contribution in [-0.4, -0.2) is 24.1 Å². The van der Waals surface area contributed by atoms with Crippen LogP contribution in [0.3, 0.4) is 0 Å². The fraction of sp³-hybridized carbons (Fsp3) is 0.167. The molecule has 0 aliphatic rings. The van der Waals surface area contributed by atoms with Crippen molar-refractivity contribution < 1.29 is 0 Å². The van der Waals surface area contributed by atoms with Crippen LogP contribution in [0.2, 0.25) is 0 Å². The Kier molecular flexibility index (Phi) is 4.29. The van der Waals surface area contributed by atoms with E-state index in [4.69, 9.17) is 5.41 Å². The number of benzene rings is 1. The monoisotopic (exact) mass is 201 g/mol. The van der Waals surface area contributed by atoms with E-state index in [0.717, 1.165) is 5.56 Å². The Hall–Kier alpha value is -1.90. The van der Waals surface area contributed by atoms with Gasteiger partial charge in [0.15, 0.2) is 0 Å². The first kappa shape index (κ1) is 11.2. The fourth-order valence-electron chi connectivity index (χ4n) is 1.07. The first-order chi connectivity index (χ1) is 7.25. The van der Waals surface area contributed by atoms with E-state index in [2.05, 4.69) is 5.10 Å². The van der Waals surface area contributed by atoms with Gasteiger partial charge in [-0.1, -0.05) is 36.4 Å². The largest absolute Gasteiger partial charge is 0.283 e. The molecule has 0 saturated heterocycles. The van der Waals surface area contributed by atoms with Gasteiger partial charge in [-0.3, -0.25) is 10.4 Å². The summed E-state index contributed by atoms with van der Waals surface area (Å²) < 4.78 is 0. The molecule has 78 valence electrons. The van der Waals surface area contributed by atoms with Crippen molar-refractivity contribution >= 4 is 12.1 Å². The minimum absolute atomic E-state index is 0.386. The van der Waals surface area contributed by atoms with Crippen molar-refractivity contribution in [2.75, 3.05) is 7.05 Å². The van der Waals surface area contributed by atoms with E-state index in [0.29, 0.717) is 5.84 Å². The van der Waals surface area contributed by atoms with E-state index >= 15 is 0 Å². The lowest BCUT2D eigenvalue weighted by Gasteiger charge is -2.13. The van der Waals surface area contributed by atoms with Crippen LogP contribution < -0.4 is 0 Å². The number of hydrogen-bond donors (Lipinski definition) is 1. The molecule has 0 fully saturated rings. The van der Waals surface area contributed by atoms with E-state index in [9.17, 15) is 0 Å². The van der Waals surface area contributed by atoms with Gasteiger partial charge in [0.1, 0.15) is 5.84 Å². The summed E-state index contributed by atoms with van der Waals surface area (Å²) >= 11 is 0. The fourth-order valence-corrected chi connectivity index (χ4v) is 1.07. The number of nitrogens with zero attached hydrogens (tertiary/aromatic N) is 2. The van der Waals surface area contributed by atoms with Crippen molar-refractivity contribution in [2.45, 2.75) is 6.92 Å². The van der Waals surface area contributed by atoms with Crippen LogP contribution in [0.15, 0.2) is 47.6 Å².